The van der Waals surface area contributed by atoms with Gasteiger partial charge in [0.15, 0.2) is 8.07 Å². The minimum Gasteiger partial charge on any atom is -0.135 e. The smallest absolute Gasteiger partial charge is 0.135 e. The van der Waals surface area contributed by atoms with Gasteiger partial charge in [0.2, 0.25) is 0 Å². The molecule has 0 unspecified atom stereocenters. The second-order valence-corrected chi connectivity index (χ2v) is 21.6. The van der Waals surface area contributed by atoms with Crippen LogP contribution in [0.4, 0.5) is 0 Å². The van der Waals surface area contributed by atoms with Gasteiger partial charge in [0.25, 0.3) is 0 Å². The van der Waals surface area contributed by atoms with Crippen LogP contribution in [-0.4, -0.2) is 8.07 Å². The maximum Gasteiger partial charge on any atom is 0.176 e. The summed E-state index contributed by atoms with van der Waals surface area (Å²) in [5.41, 5.74) is 8.23. The van der Waals surface area contributed by atoms with Gasteiger partial charge in [-0.1, -0.05) is 183 Å². The van der Waals surface area contributed by atoms with Gasteiger partial charge in [-0.2, -0.15) is 0 Å². The molecule has 0 atom stereocenters. The molecule has 0 amide bonds. The van der Waals surface area contributed by atoms with E-state index in [1.54, 1.807) is 5.20 Å². The standard InChI is InChI=1S/C55H40SSi/c1-55(2)47-23-13-12-21-41(47)45-33-46-50(34-48(45)55)56-49-24-14-22-42(54(46)49)40-29-25-35-27-31-44-51(32-28-36-26-30-43(40)52(35)53(36)44)57(37-15-6-3-7-16-37,38-17-8-4-9-18-38)39-19-10-5-11-20-39/h3-10,12-19,21-34H,11,20H2,1-2H3. The van der Waals surface area contributed by atoms with E-state index in [-0.39, 0.29) is 5.41 Å². The molecule has 0 fully saturated rings. The lowest BCUT2D eigenvalue weighted by atomic mass is 9.82. The van der Waals surface area contributed by atoms with Gasteiger partial charge >= 0.3 is 0 Å². The molecule has 0 nitrogen and oxygen atoms in total. The second kappa shape index (κ2) is 12.2. The van der Waals surface area contributed by atoms with E-state index in [4.69, 9.17) is 0 Å². The third kappa shape index (κ3) is 4.54. The van der Waals surface area contributed by atoms with Crippen molar-refractivity contribution in [2.24, 2.45) is 0 Å². The van der Waals surface area contributed by atoms with Crippen molar-refractivity contribution in [1.29, 1.82) is 0 Å². The van der Waals surface area contributed by atoms with E-state index >= 15 is 0 Å². The number of benzene rings is 9. The van der Waals surface area contributed by atoms with Gasteiger partial charge in [-0.3, -0.25) is 0 Å². The molecular weight excluding hydrogens is 721 g/mol. The van der Waals surface area contributed by atoms with Gasteiger partial charge in [-0.25, -0.2) is 0 Å². The molecular formula is C55H40SSi. The third-order valence-electron chi connectivity index (χ3n) is 13.5. The molecule has 0 radical (unpaired) electrons. The Kier molecular flexibility index (Phi) is 7.10. The molecule has 1 heterocycles. The summed E-state index contributed by atoms with van der Waals surface area (Å²) in [6.45, 7) is 4.77. The molecule has 0 saturated heterocycles. The van der Waals surface area contributed by atoms with Crippen LogP contribution in [0.25, 0.3) is 74.7 Å². The van der Waals surface area contributed by atoms with Crippen LogP contribution < -0.4 is 15.6 Å². The largest absolute Gasteiger partial charge is 0.176 e. The van der Waals surface area contributed by atoms with Crippen molar-refractivity contribution in [2.75, 3.05) is 0 Å². The SMILES string of the molecule is CC1(C)c2ccccc2-c2cc3c(cc21)sc1cccc(-c2ccc4ccc5c([Si](C6=CC=CCC6)(c6ccccc6)c6ccccc6)ccc6ccc2c4c65)c13. The van der Waals surface area contributed by atoms with Crippen LogP contribution in [0.15, 0.2) is 187 Å². The van der Waals surface area contributed by atoms with Crippen LogP contribution in [0.5, 0.6) is 0 Å². The lowest BCUT2D eigenvalue weighted by molar-refractivity contribution is 0.661. The van der Waals surface area contributed by atoms with Gasteiger partial charge in [0, 0.05) is 25.6 Å². The molecule has 0 N–H and O–H groups in total. The molecule has 0 saturated carbocycles. The fraction of sp³-hybridized carbons (Fsp3) is 0.0909. The van der Waals surface area contributed by atoms with Crippen molar-refractivity contribution in [1.82, 2.24) is 0 Å². The molecule has 2 heteroatoms. The van der Waals surface area contributed by atoms with E-state index < -0.39 is 8.07 Å². The molecule has 2 aliphatic rings. The predicted octanol–water partition coefficient (Wildman–Crippen LogP) is 13.2. The highest BCUT2D eigenvalue weighted by Crippen LogP contribution is 2.53. The Balaban J connectivity index is 1.15. The highest BCUT2D eigenvalue weighted by molar-refractivity contribution is 7.26. The summed E-state index contributed by atoms with van der Waals surface area (Å²) in [7, 11) is -2.68. The van der Waals surface area contributed by atoms with Crippen LogP contribution in [0.1, 0.15) is 37.8 Å². The minimum absolute atomic E-state index is 0.0181. The highest BCUT2D eigenvalue weighted by Gasteiger charge is 2.44. The number of allylic oxidation sites excluding steroid dienone is 4. The Morgan fingerprint density at radius 2 is 1.16 bits per heavy atom. The van der Waals surface area contributed by atoms with Gasteiger partial charge in [0.1, 0.15) is 0 Å². The van der Waals surface area contributed by atoms with E-state index in [1.807, 2.05) is 11.3 Å². The fourth-order valence-corrected chi connectivity index (χ4v) is 17.3. The minimum atomic E-state index is -2.68. The second-order valence-electron chi connectivity index (χ2n) is 16.6. The van der Waals surface area contributed by atoms with Crippen LogP contribution in [0.2, 0.25) is 0 Å². The van der Waals surface area contributed by atoms with Crippen molar-refractivity contribution < 1.29 is 0 Å². The average molecular weight is 761 g/mol. The van der Waals surface area contributed by atoms with Crippen molar-refractivity contribution in [3.63, 3.8) is 0 Å². The van der Waals surface area contributed by atoms with Gasteiger partial charge in [-0.15, -0.1) is 11.3 Å². The van der Waals surface area contributed by atoms with E-state index in [0.29, 0.717) is 0 Å². The summed E-state index contributed by atoms with van der Waals surface area (Å²) in [6.07, 6.45) is 9.23. The zero-order chi connectivity index (χ0) is 37.9. The highest BCUT2D eigenvalue weighted by atomic mass is 32.1. The third-order valence-corrected chi connectivity index (χ3v) is 19.6. The quantitative estimate of drug-likeness (QED) is 0.0931. The number of thiophene rings is 1. The van der Waals surface area contributed by atoms with Gasteiger partial charge < -0.3 is 0 Å². The van der Waals surface area contributed by atoms with E-state index in [9.17, 15) is 0 Å². The molecule has 1 aromatic heterocycles. The first-order chi connectivity index (χ1) is 28.0. The topological polar surface area (TPSA) is 0 Å². The molecule has 0 aliphatic heterocycles. The summed E-state index contributed by atoms with van der Waals surface area (Å²) in [6, 6.07) is 63.1. The summed E-state index contributed by atoms with van der Waals surface area (Å²) < 4.78 is 2.72. The van der Waals surface area contributed by atoms with Crippen LogP contribution in [0.3, 0.4) is 0 Å². The van der Waals surface area contributed by atoms with Crippen molar-refractivity contribution in [2.45, 2.75) is 32.1 Å². The lowest BCUT2D eigenvalue weighted by Crippen LogP contribution is -2.69. The first-order valence-electron chi connectivity index (χ1n) is 20.3. The predicted molar refractivity (Wildman–Crippen MR) is 250 cm³/mol. The zero-order valence-corrected chi connectivity index (χ0v) is 34.0. The van der Waals surface area contributed by atoms with E-state index in [2.05, 4.69) is 196 Å². The summed E-state index contributed by atoms with van der Waals surface area (Å²) >= 11 is 1.94. The number of hydrogen-bond donors (Lipinski definition) is 0. The average Bonchev–Trinajstić information content (AvgIpc) is 3.75. The molecule has 9 aromatic carbocycles. The van der Waals surface area contributed by atoms with Gasteiger partial charge in [0.05, 0.1) is 0 Å². The van der Waals surface area contributed by atoms with E-state index in [0.717, 1.165) is 12.8 Å². The maximum absolute atomic E-state index is 2.68. The molecule has 270 valence electrons. The Bertz CT molecular complexity index is 3270. The fourth-order valence-electron chi connectivity index (χ4n) is 10.9. The van der Waals surface area contributed by atoms with Crippen LogP contribution >= 0.6 is 11.3 Å². The monoisotopic (exact) mass is 760 g/mol. The first kappa shape index (κ1) is 33.1. The van der Waals surface area contributed by atoms with Crippen LogP contribution in [0, 0.1) is 0 Å². The molecule has 12 rings (SSSR count). The van der Waals surface area contributed by atoms with E-state index in [1.165, 1.54) is 101 Å². The lowest BCUT2D eigenvalue weighted by Gasteiger charge is -2.38. The Morgan fingerprint density at radius 1 is 0.491 bits per heavy atom. The normalized spacial score (nSPS) is 14.9. The molecule has 0 bridgehead atoms. The summed E-state index contributed by atoms with van der Waals surface area (Å²) in [5.74, 6) is 0. The molecule has 2 aliphatic carbocycles. The van der Waals surface area contributed by atoms with Crippen molar-refractivity contribution >= 4 is 87.5 Å². The molecule has 57 heavy (non-hydrogen) atoms. The molecule has 10 aromatic rings. The zero-order valence-electron chi connectivity index (χ0n) is 32.1. The van der Waals surface area contributed by atoms with Crippen LogP contribution in [-0.2, 0) is 5.41 Å². The Morgan fingerprint density at radius 3 is 1.91 bits per heavy atom. The van der Waals surface area contributed by atoms with Crippen molar-refractivity contribution in [3.05, 3.63) is 198 Å². The van der Waals surface area contributed by atoms with Gasteiger partial charge in [-0.05, 0) is 112 Å². The number of hydrogen-bond acceptors (Lipinski definition) is 1. The Hall–Kier alpha value is -6.06. The maximum atomic E-state index is 2.51. The summed E-state index contributed by atoms with van der Waals surface area (Å²) in [4.78, 5) is 0. The number of fused-ring (bicyclic) bond motifs is 6. The summed E-state index contributed by atoms with van der Waals surface area (Å²) in [5, 5.41) is 16.8. The number of rotatable bonds is 5. The molecule has 0 spiro atoms. The van der Waals surface area contributed by atoms with Crippen molar-refractivity contribution in [3.8, 4) is 22.3 Å². The Labute approximate surface area is 338 Å². The first-order valence-corrected chi connectivity index (χ1v) is 23.1.